The second-order valence-corrected chi connectivity index (χ2v) is 7.10. The number of imide groups is 1. The first-order chi connectivity index (χ1) is 15.8. The lowest BCUT2D eigenvalue weighted by Crippen LogP contribution is -2.32. The van der Waals surface area contributed by atoms with E-state index in [9.17, 15) is 34.1 Å². The van der Waals surface area contributed by atoms with Crippen LogP contribution in [0.1, 0.15) is 37.5 Å². The quantitative estimate of drug-likeness (QED) is 0.214. The number of rotatable bonds is 7. The van der Waals surface area contributed by atoms with Gasteiger partial charge in [-0.25, -0.2) is 0 Å². The normalized spacial score (nSPS) is 14.2. The molecule has 0 saturated carbocycles. The van der Waals surface area contributed by atoms with E-state index >= 15 is 0 Å². The molecular weight excluding hydrogens is 438 g/mol. The summed E-state index contributed by atoms with van der Waals surface area (Å²) in [4.78, 5) is 71.8. The van der Waals surface area contributed by atoms with Gasteiger partial charge < -0.3 is 14.8 Å². The van der Waals surface area contributed by atoms with Crippen LogP contribution in [0.2, 0.25) is 0 Å². The number of hydrogen-bond donors (Lipinski definition) is 1. The molecule has 2 aromatic rings. The first kappa shape index (κ1) is 21.6. The van der Waals surface area contributed by atoms with Crippen LogP contribution in [0.5, 0.6) is 5.75 Å². The first-order valence-electron chi connectivity index (χ1n) is 9.65. The van der Waals surface area contributed by atoms with Crippen molar-refractivity contribution in [2.45, 2.75) is 6.42 Å². The molecule has 0 unspecified atom stereocenters. The second-order valence-electron chi connectivity index (χ2n) is 7.10. The molecule has 0 aliphatic carbocycles. The zero-order valence-corrected chi connectivity index (χ0v) is 16.9. The van der Waals surface area contributed by atoms with Crippen LogP contribution in [-0.4, -0.2) is 59.1 Å². The molecule has 4 rings (SSSR count). The maximum atomic E-state index is 12.5. The molecule has 2 aliphatic heterocycles. The summed E-state index contributed by atoms with van der Waals surface area (Å²) in [6, 6.07) is 8.07. The zero-order chi connectivity index (χ0) is 23.7. The molecule has 0 atom stereocenters. The van der Waals surface area contributed by atoms with E-state index < -0.39 is 47.2 Å². The summed E-state index contributed by atoms with van der Waals surface area (Å²) < 4.78 is 10.1. The summed E-state index contributed by atoms with van der Waals surface area (Å²) in [5, 5.41) is 13.7. The molecule has 33 heavy (non-hydrogen) atoms. The molecule has 3 amide bonds. The number of nitrogens with zero attached hydrogens (tertiary/aromatic N) is 2. The third-order valence-electron chi connectivity index (χ3n) is 5.01. The summed E-state index contributed by atoms with van der Waals surface area (Å²) in [7, 11) is 0. The average Bonchev–Trinajstić information content (AvgIpc) is 3.05. The number of anilines is 1. The highest BCUT2D eigenvalue weighted by Gasteiger charge is 2.40. The molecule has 2 aromatic carbocycles. The SMILES string of the molecule is O=C1COc2ccc(C(=O)COC(=O)CCN3C(=O)c4cccc([N+](=O)[O-])c4C3=O)cc2N1. The minimum atomic E-state index is -0.871. The summed E-state index contributed by atoms with van der Waals surface area (Å²) in [6.45, 7) is -1.09. The molecule has 1 N–H and O–H groups in total. The van der Waals surface area contributed by atoms with Gasteiger partial charge in [-0.15, -0.1) is 0 Å². The van der Waals surface area contributed by atoms with Gasteiger partial charge in [0, 0.05) is 18.2 Å². The molecule has 0 aromatic heterocycles. The van der Waals surface area contributed by atoms with Gasteiger partial charge in [-0.05, 0) is 24.3 Å². The van der Waals surface area contributed by atoms with E-state index in [1.165, 1.54) is 30.3 Å². The predicted molar refractivity (Wildman–Crippen MR) is 109 cm³/mol. The maximum absolute atomic E-state index is 12.5. The van der Waals surface area contributed by atoms with Crippen LogP contribution >= 0.6 is 0 Å². The highest BCUT2D eigenvalue weighted by atomic mass is 16.6. The summed E-state index contributed by atoms with van der Waals surface area (Å²) in [5.74, 6) is -2.96. The van der Waals surface area contributed by atoms with Gasteiger partial charge in [0.25, 0.3) is 23.4 Å². The number of amides is 3. The molecule has 12 nitrogen and oxygen atoms in total. The number of ketones is 1. The van der Waals surface area contributed by atoms with Crippen molar-refractivity contribution < 1.29 is 38.4 Å². The van der Waals surface area contributed by atoms with Gasteiger partial charge >= 0.3 is 5.97 Å². The van der Waals surface area contributed by atoms with Crippen molar-refractivity contribution in [3.05, 3.63) is 63.2 Å². The van der Waals surface area contributed by atoms with Crippen molar-refractivity contribution in [2.75, 3.05) is 25.1 Å². The summed E-state index contributed by atoms with van der Waals surface area (Å²) in [5.41, 5.74) is -0.419. The van der Waals surface area contributed by atoms with Gasteiger partial charge in [-0.3, -0.25) is 39.0 Å². The van der Waals surface area contributed by atoms with Crippen LogP contribution in [0.3, 0.4) is 0 Å². The van der Waals surface area contributed by atoms with Gasteiger partial charge in [-0.1, -0.05) is 6.07 Å². The highest BCUT2D eigenvalue weighted by Crippen LogP contribution is 2.31. The lowest BCUT2D eigenvalue weighted by Gasteiger charge is -2.18. The van der Waals surface area contributed by atoms with E-state index in [0.29, 0.717) is 11.4 Å². The molecular formula is C21H15N3O9. The Labute approximate surface area is 185 Å². The fourth-order valence-corrected chi connectivity index (χ4v) is 3.43. The number of nitro groups is 1. The molecule has 0 fully saturated rings. The summed E-state index contributed by atoms with van der Waals surface area (Å²) >= 11 is 0. The van der Waals surface area contributed by atoms with E-state index in [4.69, 9.17) is 9.47 Å². The van der Waals surface area contributed by atoms with Crippen molar-refractivity contribution >= 4 is 40.8 Å². The van der Waals surface area contributed by atoms with Crippen LogP contribution in [0, 0.1) is 10.1 Å². The van der Waals surface area contributed by atoms with E-state index in [1.807, 2.05) is 0 Å². The minimum Gasteiger partial charge on any atom is -0.482 e. The maximum Gasteiger partial charge on any atom is 0.308 e. The molecule has 2 aliphatic rings. The van der Waals surface area contributed by atoms with Crippen molar-refractivity contribution in [2.24, 2.45) is 0 Å². The fourth-order valence-electron chi connectivity index (χ4n) is 3.43. The molecule has 2 heterocycles. The standard InChI is InChI=1S/C21H15N3O9/c25-15(11-4-5-16-13(8-11)22-17(26)10-32-16)9-33-18(27)6-7-23-20(28)12-2-1-3-14(24(30)31)19(12)21(23)29/h1-5,8H,6-7,9-10H2,(H,22,26). The van der Waals surface area contributed by atoms with Gasteiger partial charge in [0.1, 0.15) is 11.3 Å². The van der Waals surface area contributed by atoms with E-state index in [0.717, 1.165) is 11.0 Å². The van der Waals surface area contributed by atoms with Crippen LogP contribution < -0.4 is 10.1 Å². The van der Waals surface area contributed by atoms with Crippen LogP contribution in [0.25, 0.3) is 0 Å². The molecule has 0 saturated heterocycles. The monoisotopic (exact) mass is 453 g/mol. The number of nitrogens with one attached hydrogen (secondary N) is 1. The largest absolute Gasteiger partial charge is 0.482 e. The number of ether oxygens (including phenoxy) is 2. The minimum absolute atomic E-state index is 0.110. The van der Waals surface area contributed by atoms with Gasteiger partial charge in [0.2, 0.25) is 0 Å². The Kier molecular flexibility index (Phi) is 5.56. The Hall–Kier alpha value is -4.61. The third-order valence-corrected chi connectivity index (χ3v) is 5.01. The molecule has 0 spiro atoms. The number of carbonyl (C=O) groups excluding carboxylic acids is 5. The Morgan fingerprint density at radius 2 is 1.94 bits per heavy atom. The average molecular weight is 453 g/mol. The molecule has 12 heteroatoms. The van der Waals surface area contributed by atoms with Crippen molar-refractivity contribution in [3.8, 4) is 5.75 Å². The Morgan fingerprint density at radius 1 is 1.15 bits per heavy atom. The van der Waals surface area contributed by atoms with Gasteiger partial charge in [0.15, 0.2) is 19.0 Å². The molecule has 0 bridgehead atoms. The topological polar surface area (TPSA) is 162 Å². The Balaban J connectivity index is 1.33. The molecule has 168 valence electrons. The van der Waals surface area contributed by atoms with E-state index in [-0.39, 0.29) is 35.7 Å². The number of fused-ring (bicyclic) bond motifs is 2. The highest BCUT2D eigenvalue weighted by molar-refractivity contribution is 6.23. The smallest absolute Gasteiger partial charge is 0.308 e. The Morgan fingerprint density at radius 3 is 2.70 bits per heavy atom. The fraction of sp³-hybridized carbons (Fsp3) is 0.190. The molecule has 0 radical (unpaired) electrons. The van der Waals surface area contributed by atoms with Gasteiger partial charge in [-0.2, -0.15) is 0 Å². The summed E-state index contributed by atoms with van der Waals surface area (Å²) in [6.07, 6.45) is -0.402. The lowest BCUT2D eigenvalue weighted by molar-refractivity contribution is -0.385. The van der Waals surface area contributed by atoms with Crippen LogP contribution in [0.15, 0.2) is 36.4 Å². The van der Waals surface area contributed by atoms with E-state index in [1.54, 1.807) is 0 Å². The van der Waals surface area contributed by atoms with E-state index in [2.05, 4.69) is 5.32 Å². The van der Waals surface area contributed by atoms with Gasteiger partial charge in [0.05, 0.1) is 22.6 Å². The number of Topliss-reactive ketones (excluding diaryl/α,β-unsaturated/α-hetero) is 1. The number of benzene rings is 2. The number of esters is 1. The van der Waals surface area contributed by atoms with Crippen molar-refractivity contribution in [1.29, 1.82) is 0 Å². The number of nitro benzene ring substituents is 1. The number of hydrogen-bond acceptors (Lipinski definition) is 9. The van der Waals surface area contributed by atoms with Crippen molar-refractivity contribution in [3.63, 3.8) is 0 Å². The third kappa shape index (κ3) is 4.13. The predicted octanol–water partition coefficient (Wildman–Crippen LogP) is 1.34. The number of carbonyl (C=O) groups is 5. The van der Waals surface area contributed by atoms with Crippen LogP contribution in [0.4, 0.5) is 11.4 Å². The Bertz CT molecular complexity index is 1240. The van der Waals surface area contributed by atoms with Crippen LogP contribution in [-0.2, 0) is 14.3 Å². The second kappa shape index (κ2) is 8.49. The first-order valence-corrected chi connectivity index (χ1v) is 9.65. The van der Waals surface area contributed by atoms with Crippen molar-refractivity contribution in [1.82, 2.24) is 4.90 Å². The zero-order valence-electron chi connectivity index (χ0n) is 16.9. The lowest BCUT2D eigenvalue weighted by atomic mass is 10.1.